The maximum Gasteiger partial charge on any atom is 0.449 e. The van der Waals surface area contributed by atoms with Gasteiger partial charge in [0.2, 0.25) is 5.82 Å². The molecule has 3 rings (SSSR count). The van der Waals surface area contributed by atoms with Crippen molar-refractivity contribution in [2.75, 3.05) is 0 Å². The lowest BCUT2D eigenvalue weighted by Gasteiger charge is -2.07. The van der Waals surface area contributed by atoms with E-state index in [-0.39, 0.29) is 0 Å². The Bertz CT molecular complexity index is 860. The van der Waals surface area contributed by atoms with Gasteiger partial charge in [0, 0.05) is 16.2 Å². The molecular weight excluding hydrogens is 410 g/mol. The molecule has 0 spiro atoms. The second kappa shape index (κ2) is 4.97. The highest BCUT2D eigenvalue weighted by Crippen LogP contribution is 2.36. The predicted octanol–water partition coefficient (Wildman–Crippen LogP) is 4.47. The summed E-state index contributed by atoms with van der Waals surface area (Å²) < 4.78 is 45.9. The number of alkyl halides is 3. The normalized spacial score (nSPS) is 12.3. The van der Waals surface area contributed by atoms with Crippen LogP contribution < -0.4 is 0 Å². The Hall–Kier alpha value is -1.58. The van der Waals surface area contributed by atoms with E-state index in [0.29, 0.717) is 26.1 Å². The number of aromatic nitrogens is 3. The zero-order valence-corrected chi connectivity index (χ0v) is 14.1. The fourth-order valence-corrected chi connectivity index (χ4v) is 3.56. The summed E-state index contributed by atoms with van der Waals surface area (Å²) in [5.41, 5.74) is 3.00. The molecule has 0 bridgehead atoms. The molecule has 3 aromatic rings. The van der Waals surface area contributed by atoms with Gasteiger partial charge in [0.25, 0.3) is 0 Å². The number of nitrogens with zero attached hydrogens (tertiary/aromatic N) is 3. The molecule has 0 amide bonds. The predicted molar refractivity (Wildman–Crippen MR) is 83.4 cm³/mol. The molecule has 2 heterocycles. The molecule has 22 heavy (non-hydrogen) atoms. The first-order valence-corrected chi connectivity index (χ1v) is 7.44. The van der Waals surface area contributed by atoms with Crippen molar-refractivity contribution in [3.05, 3.63) is 33.0 Å². The lowest BCUT2D eigenvalue weighted by molar-refractivity contribution is -0.146. The van der Waals surface area contributed by atoms with Crippen molar-refractivity contribution >= 4 is 33.6 Å². The summed E-state index contributed by atoms with van der Waals surface area (Å²) in [7, 11) is 1.37. The van der Waals surface area contributed by atoms with E-state index in [4.69, 9.17) is 4.52 Å². The number of halogens is 4. The van der Waals surface area contributed by atoms with Gasteiger partial charge in [-0.2, -0.15) is 13.2 Å². The van der Waals surface area contributed by atoms with Crippen molar-refractivity contribution in [2.45, 2.75) is 20.0 Å². The van der Waals surface area contributed by atoms with Crippen LogP contribution in [0.5, 0.6) is 0 Å². The van der Waals surface area contributed by atoms with Crippen molar-refractivity contribution < 1.29 is 17.7 Å². The molecule has 2 aromatic heterocycles. The van der Waals surface area contributed by atoms with Crippen molar-refractivity contribution in [1.29, 1.82) is 0 Å². The minimum atomic E-state index is -4.49. The van der Waals surface area contributed by atoms with Gasteiger partial charge in [-0.15, -0.1) is 0 Å². The van der Waals surface area contributed by atoms with Gasteiger partial charge >= 0.3 is 6.18 Å². The number of aryl methyl sites for hydroxylation is 3. The monoisotopic (exact) mass is 421 g/mol. The van der Waals surface area contributed by atoms with E-state index in [2.05, 4.69) is 10.1 Å². The Morgan fingerprint density at radius 2 is 1.91 bits per heavy atom. The highest BCUT2D eigenvalue weighted by atomic mass is 127. The summed E-state index contributed by atoms with van der Waals surface area (Å²) in [5.74, 6) is -0.282. The van der Waals surface area contributed by atoms with E-state index in [1.54, 1.807) is 19.9 Å². The molecule has 0 aliphatic heterocycles. The Labute approximate surface area is 137 Å². The fourth-order valence-electron chi connectivity index (χ4n) is 2.59. The van der Waals surface area contributed by atoms with Gasteiger partial charge in [0.1, 0.15) is 5.76 Å². The first-order valence-electron chi connectivity index (χ1n) is 6.36. The van der Waals surface area contributed by atoms with Gasteiger partial charge in [-0.25, -0.2) is 4.98 Å². The fraction of sp³-hybridized carbons (Fsp3) is 0.286. The van der Waals surface area contributed by atoms with Gasteiger partial charge in [-0.1, -0.05) is 5.16 Å². The van der Waals surface area contributed by atoms with E-state index >= 15 is 0 Å². The highest BCUT2D eigenvalue weighted by Gasteiger charge is 2.37. The van der Waals surface area contributed by atoms with E-state index in [9.17, 15) is 13.2 Å². The van der Waals surface area contributed by atoms with Crippen LogP contribution in [0.3, 0.4) is 0 Å². The molecule has 0 saturated carbocycles. The van der Waals surface area contributed by atoms with Crippen LogP contribution in [0.4, 0.5) is 13.2 Å². The number of hydrogen-bond acceptors (Lipinski definition) is 3. The van der Waals surface area contributed by atoms with E-state index in [1.807, 2.05) is 28.7 Å². The highest BCUT2D eigenvalue weighted by molar-refractivity contribution is 14.1. The van der Waals surface area contributed by atoms with E-state index in [1.165, 1.54) is 7.05 Å². The summed E-state index contributed by atoms with van der Waals surface area (Å²) in [6, 6.07) is 3.45. The van der Waals surface area contributed by atoms with Crippen LogP contribution in [0.2, 0.25) is 0 Å². The molecule has 0 aliphatic carbocycles. The molecule has 0 saturated heterocycles. The lowest BCUT2D eigenvalue weighted by Crippen LogP contribution is -2.12. The van der Waals surface area contributed by atoms with Crippen LogP contribution in [0.15, 0.2) is 16.7 Å². The van der Waals surface area contributed by atoms with Crippen LogP contribution in [-0.2, 0) is 13.2 Å². The summed E-state index contributed by atoms with van der Waals surface area (Å²) in [4.78, 5) is 3.76. The third kappa shape index (κ3) is 2.29. The van der Waals surface area contributed by atoms with E-state index in [0.717, 1.165) is 15.7 Å². The minimum Gasteiger partial charge on any atom is -0.361 e. The van der Waals surface area contributed by atoms with Gasteiger partial charge < -0.3 is 9.09 Å². The van der Waals surface area contributed by atoms with Crippen LogP contribution in [0, 0.1) is 17.4 Å². The quantitative estimate of drug-likeness (QED) is 0.545. The maximum atomic E-state index is 13.0. The van der Waals surface area contributed by atoms with Crippen LogP contribution in [0.1, 0.15) is 17.3 Å². The van der Waals surface area contributed by atoms with E-state index < -0.39 is 12.0 Å². The Balaban J connectivity index is 2.30. The summed E-state index contributed by atoms with van der Waals surface area (Å²) in [6.45, 7) is 3.56. The molecular formula is C14H11F3IN3O. The average Bonchev–Trinajstić information content (AvgIpc) is 2.90. The largest absolute Gasteiger partial charge is 0.449 e. The molecule has 116 valence electrons. The van der Waals surface area contributed by atoms with Gasteiger partial charge in [-0.05, 0) is 54.1 Å². The van der Waals surface area contributed by atoms with Crippen LogP contribution >= 0.6 is 22.6 Å². The van der Waals surface area contributed by atoms with Gasteiger partial charge in [-0.3, -0.25) is 0 Å². The SMILES string of the molecule is Cc1noc(C)c1-c1cc(I)c2c(c1)nc(C(F)(F)F)n2C. The Kier molecular flexibility index (Phi) is 3.46. The third-order valence-corrected chi connectivity index (χ3v) is 4.32. The molecule has 0 N–H and O–H groups in total. The molecule has 0 aliphatic rings. The standard InChI is InChI=1S/C14H11F3IN3O/c1-6-11(7(2)22-20-6)8-4-9(18)12-10(5-8)19-13(21(12)3)14(15,16)17/h4-5H,1-3H3. The zero-order valence-electron chi connectivity index (χ0n) is 11.9. The van der Waals surface area contributed by atoms with Crippen molar-refractivity contribution in [3.63, 3.8) is 0 Å². The Morgan fingerprint density at radius 3 is 2.45 bits per heavy atom. The van der Waals surface area contributed by atoms with Crippen molar-refractivity contribution in [1.82, 2.24) is 14.7 Å². The van der Waals surface area contributed by atoms with Gasteiger partial charge in [0.05, 0.1) is 16.7 Å². The number of benzene rings is 1. The smallest absolute Gasteiger partial charge is 0.361 e. The zero-order chi connectivity index (χ0) is 16.2. The summed E-state index contributed by atoms with van der Waals surface area (Å²) in [6.07, 6.45) is -4.49. The Morgan fingerprint density at radius 1 is 1.23 bits per heavy atom. The first kappa shape index (κ1) is 15.3. The molecule has 0 unspecified atom stereocenters. The lowest BCUT2D eigenvalue weighted by atomic mass is 10.0. The average molecular weight is 421 g/mol. The third-order valence-electron chi connectivity index (χ3n) is 3.50. The van der Waals surface area contributed by atoms with Crippen molar-refractivity contribution in [3.8, 4) is 11.1 Å². The molecule has 4 nitrogen and oxygen atoms in total. The second-order valence-electron chi connectivity index (χ2n) is 5.02. The maximum absolute atomic E-state index is 13.0. The van der Waals surface area contributed by atoms with Crippen molar-refractivity contribution in [2.24, 2.45) is 7.05 Å². The summed E-state index contributed by atoms with van der Waals surface area (Å²) >= 11 is 2.02. The topological polar surface area (TPSA) is 43.9 Å². The first-order chi connectivity index (χ1) is 10.2. The number of rotatable bonds is 1. The number of hydrogen-bond donors (Lipinski definition) is 0. The van der Waals surface area contributed by atoms with Crippen LogP contribution in [-0.4, -0.2) is 14.7 Å². The second-order valence-corrected chi connectivity index (χ2v) is 6.18. The number of fused-ring (bicyclic) bond motifs is 1. The molecule has 8 heteroatoms. The number of imidazole rings is 1. The minimum absolute atomic E-state index is 0.303. The molecule has 1 aromatic carbocycles. The molecule has 0 atom stereocenters. The van der Waals surface area contributed by atoms with Crippen LogP contribution in [0.25, 0.3) is 22.2 Å². The summed E-state index contributed by atoms with van der Waals surface area (Å²) in [5, 5.41) is 3.88. The van der Waals surface area contributed by atoms with Gasteiger partial charge in [0.15, 0.2) is 0 Å². The molecule has 0 fully saturated rings. The molecule has 0 radical (unpaired) electrons.